The summed E-state index contributed by atoms with van der Waals surface area (Å²) in [6.45, 7) is 1.51. The van der Waals surface area contributed by atoms with E-state index in [1.54, 1.807) is 17.0 Å². The molecule has 1 aromatic heterocycles. The molecule has 5 nitrogen and oxygen atoms in total. The lowest BCUT2D eigenvalue weighted by atomic mass is 9.83. The second-order valence-corrected chi connectivity index (χ2v) is 7.82. The number of hydrogen-bond donors (Lipinski definition) is 0. The Labute approximate surface area is 167 Å². The van der Waals surface area contributed by atoms with Crippen molar-refractivity contribution in [2.24, 2.45) is 0 Å². The van der Waals surface area contributed by atoms with Crippen LogP contribution in [0.2, 0.25) is 10.0 Å². The molecule has 0 bridgehead atoms. The molecule has 0 radical (unpaired) electrons. The summed E-state index contributed by atoms with van der Waals surface area (Å²) in [4.78, 5) is 30.6. The number of ether oxygens (including phenoxy) is 1. The third-order valence-corrected chi connectivity index (χ3v) is 5.75. The molecule has 2 aliphatic rings. The summed E-state index contributed by atoms with van der Waals surface area (Å²) in [6, 6.07) is 9.13. The van der Waals surface area contributed by atoms with E-state index in [1.165, 1.54) is 6.20 Å². The number of nitrogens with zero attached hydrogens (tertiary/aromatic N) is 2. The first-order valence-electron chi connectivity index (χ1n) is 8.82. The molecule has 0 unspecified atom stereocenters. The highest BCUT2D eigenvalue weighted by atomic mass is 35.5. The molecule has 27 heavy (non-hydrogen) atoms. The van der Waals surface area contributed by atoms with Gasteiger partial charge in [0.1, 0.15) is 0 Å². The van der Waals surface area contributed by atoms with Crippen LogP contribution in [0, 0.1) is 0 Å². The third-order valence-electron chi connectivity index (χ3n) is 5.29. The molecule has 1 saturated heterocycles. The molecule has 2 aliphatic heterocycles. The van der Waals surface area contributed by atoms with E-state index in [4.69, 9.17) is 27.9 Å². The lowest BCUT2D eigenvalue weighted by Crippen LogP contribution is -2.47. The number of carbonyl (C=O) groups excluding carboxylic acids is 2. The lowest BCUT2D eigenvalue weighted by molar-refractivity contribution is -0.149. The first-order valence-corrected chi connectivity index (χ1v) is 9.58. The fourth-order valence-electron chi connectivity index (χ4n) is 3.80. The Kier molecular flexibility index (Phi) is 4.93. The summed E-state index contributed by atoms with van der Waals surface area (Å²) >= 11 is 11.9. The molecule has 7 heteroatoms. The van der Waals surface area contributed by atoms with Crippen molar-refractivity contribution in [3.63, 3.8) is 0 Å². The quantitative estimate of drug-likeness (QED) is 0.733. The van der Waals surface area contributed by atoms with Gasteiger partial charge in [-0.1, -0.05) is 29.3 Å². The first kappa shape index (κ1) is 18.4. The van der Waals surface area contributed by atoms with Gasteiger partial charge in [0.15, 0.2) is 0 Å². The monoisotopic (exact) mass is 404 g/mol. The molecule has 0 atom stereocenters. The Morgan fingerprint density at radius 2 is 1.85 bits per heavy atom. The van der Waals surface area contributed by atoms with Gasteiger partial charge in [0, 0.05) is 30.0 Å². The maximum absolute atomic E-state index is 12.5. The van der Waals surface area contributed by atoms with Crippen LogP contribution in [0.3, 0.4) is 0 Å². The van der Waals surface area contributed by atoms with E-state index in [1.807, 2.05) is 18.2 Å². The Balaban J connectivity index is 1.41. The van der Waals surface area contributed by atoms with E-state index in [-0.39, 0.29) is 6.42 Å². The van der Waals surface area contributed by atoms with Crippen LogP contribution in [0.15, 0.2) is 36.5 Å². The zero-order chi connectivity index (χ0) is 19.0. The van der Waals surface area contributed by atoms with E-state index in [9.17, 15) is 9.59 Å². The summed E-state index contributed by atoms with van der Waals surface area (Å²) in [5, 5.41) is 1.18. The van der Waals surface area contributed by atoms with Crippen molar-refractivity contribution in [2.45, 2.75) is 31.5 Å². The molecular formula is C20H18Cl2N2O3. The summed E-state index contributed by atoms with van der Waals surface area (Å²) < 4.78 is 6.10. The second kappa shape index (κ2) is 7.23. The van der Waals surface area contributed by atoms with Gasteiger partial charge in [-0.25, -0.2) is 0 Å². The van der Waals surface area contributed by atoms with Crippen molar-refractivity contribution < 1.29 is 14.3 Å². The van der Waals surface area contributed by atoms with Crippen molar-refractivity contribution >= 4 is 34.9 Å². The highest BCUT2D eigenvalue weighted by molar-refractivity contribution is 6.36. The average Bonchev–Trinajstić information content (AvgIpc) is 3.01. The standard InChI is InChI=1S/C20H18Cl2N2O3/c21-14-2-1-13-12-27-20(17(13)9-14)5-7-24(8-6-20)19(26)18(25)10-16-4-3-15(22)11-23-16/h1-4,9,11H,5-8,10,12H2. The Hall–Kier alpha value is -1.95. The molecule has 0 aliphatic carbocycles. The molecule has 0 N–H and O–H groups in total. The van der Waals surface area contributed by atoms with Gasteiger partial charge in [0.2, 0.25) is 5.78 Å². The molecule has 140 valence electrons. The Morgan fingerprint density at radius 3 is 2.56 bits per heavy atom. The number of halogens is 2. The number of likely N-dealkylation sites (tertiary alicyclic amines) is 1. The highest BCUT2D eigenvalue weighted by Gasteiger charge is 2.44. The maximum Gasteiger partial charge on any atom is 0.290 e. The number of amides is 1. The van der Waals surface area contributed by atoms with Crippen LogP contribution in [0.1, 0.15) is 29.7 Å². The number of ketones is 1. The molecule has 3 heterocycles. The van der Waals surface area contributed by atoms with Gasteiger partial charge >= 0.3 is 0 Å². The average molecular weight is 405 g/mol. The van der Waals surface area contributed by atoms with Gasteiger partial charge in [0.25, 0.3) is 5.91 Å². The fourth-order valence-corrected chi connectivity index (χ4v) is 4.09. The van der Waals surface area contributed by atoms with Gasteiger partial charge in [-0.15, -0.1) is 0 Å². The smallest absolute Gasteiger partial charge is 0.290 e. The van der Waals surface area contributed by atoms with Crippen molar-refractivity contribution in [3.05, 3.63) is 63.4 Å². The van der Waals surface area contributed by atoms with Gasteiger partial charge in [-0.2, -0.15) is 0 Å². The van der Waals surface area contributed by atoms with Gasteiger partial charge in [0.05, 0.1) is 23.7 Å². The highest BCUT2D eigenvalue weighted by Crippen LogP contribution is 2.44. The minimum absolute atomic E-state index is 0.0212. The minimum atomic E-state index is -0.467. The second-order valence-electron chi connectivity index (χ2n) is 6.94. The lowest BCUT2D eigenvalue weighted by Gasteiger charge is -2.39. The van der Waals surface area contributed by atoms with Crippen LogP contribution in [-0.2, 0) is 33.0 Å². The summed E-state index contributed by atoms with van der Waals surface area (Å²) in [5.74, 6) is -0.928. The molecule has 1 amide bonds. The van der Waals surface area contributed by atoms with E-state index in [0.717, 1.165) is 11.1 Å². The number of pyridine rings is 1. The van der Waals surface area contributed by atoms with E-state index < -0.39 is 17.3 Å². The molecule has 2 aromatic rings. The largest absolute Gasteiger partial charge is 0.365 e. The summed E-state index contributed by atoms with van der Waals surface area (Å²) in [6.07, 6.45) is 2.75. The molecule has 1 spiro atoms. The Bertz CT molecular complexity index is 891. The number of fused-ring (bicyclic) bond motifs is 2. The van der Waals surface area contributed by atoms with Crippen LogP contribution in [-0.4, -0.2) is 34.7 Å². The van der Waals surface area contributed by atoms with Crippen LogP contribution in [0.25, 0.3) is 0 Å². The summed E-state index contributed by atoms with van der Waals surface area (Å²) in [5.41, 5.74) is 2.38. The fraction of sp³-hybridized carbons (Fsp3) is 0.350. The first-order chi connectivity index (χ1) is 13.0. The number of hydrogen-bond acceptors (Lipinski definition) is 4. The normalized spacial score (nSPS) is 17.8. The van der Waals surface area contributed by atoms with E-state index in [2.05, 4.69) is 4.98 Å². The zero-order valence-corrected chi connectivity index (χ0v) is 16.1. The van der Waals surface area contributed by atoms with Crippen molar-refractivity contribution in [3.8, 4) is 0 Å². The molecule has 4 rings (SSSR count). The number of piperidine rings is 1. The number of carbonyl (C=O) groups is 2. The SMILES string of the molecule is O=C(Cc1ccc(Cl)cn1)C(=O)N1CCC2(CC1)OCc1ccc(Cl)cc12. The van der Waals surface area contributed by atoms with E-state index >= 15 is 0 Å². The van der Waals surface area contributed by atoms with Gasteiger partial charge in [-0.05, 0) is 48.2 Å². The van der Waals surface area contributed by atoms with Crippen molar-refractivity contribution in [1.29, 1.82) is 0 Å². The van der Waals surface area contributed by atoms with Crippen LogP contribution < -0.4 is 0 Å². The molecular weight excluding hydrogens is 387 g/mol. The molecule has 1 aromatic carbocycles. The number of rotatable bonds is 3. The maximum atomic E-state index is 12.5. The van der Waals surface area contributed by atoms with Crippen LogP contribution >= 0.6 is 23.2 Å². The topological polar surface area (TPSA) is 59.5 Å². The predicted molar refractivity (Wildman–Crippen MR) is 102 cm³/mol. The number of benzene rings is 1. The number of Topliss-reactive ketones (excluding diaryl/α,β-unsaturated/α-hetero) is 1. The Morgan fingerprint density at radius 1 is 1.11 bits per heavy atom. The third kappa shape index (κ3) is 3.59. The van der Waals surface area contributed by atoms with Gasteiger partial charge in [-0.3, -0.25) is 14.6 Å². The minimum Gasteiger partial charge on any atom is -0.365 e. The zero-order valence-electron chi connectivity index (χ0n) is 14.6. The van der Waals surface area contributed by atoms with E-state index in [0.29, 0.717) is 48.3 Å². The van der Waals surface area contributed by atoms with Gasteiger partial charge < -0.3 is 9.64 Å². The molecule has 1 fully saturated rings. The van der Waals surface area contributed by atoms with Crippen LogP contribution in [0.4, 0.5) is 0 Å². The van der Waals surface area contributed by atoms with Crippen LogP contribution in [0.5, 0.6) is 0 Å². The summed E-state index contributed by atoms with van der Waals surface area (Å²) in [7, 11) is 0. The van der Waals surface area contributed by atoms with Crippen molar-refractivity contribution in [1.82, 2.24) is 9.88 Å². The predicted octanol–water partition coefficient (Wildman–Crippen LogP) is 3.55. The number of aromatic nitrogens is 1. The van der Waals surface area contributed by atoms with Crippen molar-refractivity contribution in [2.75, 3.05) is 13.1 Å². The molecule has 0 saturated carbocycles.